The zero-order valence-corrected chi connectivity index (χ0v) is 11.6. The fourth-order valence-electron chi connectivity index (χ4n) is 2.03. The molecule has 0 radical (unpaired) electrons. The monoisotopic (exact) mass is 262 g/mol. The third-order valence-corrected chi connectivity index (χ3v) is 3.33. The van der Waals surface area contributed by atoms with Gasteiger partial charge in [-0.2, -0.15) is 0 Å². The van der Waals surface area contributed by atoms with E-state index < -0.39 is 0 Å². The normalized spacial score (nSPS) is 14.3. The molecule has 1 heterocycles. The zero-order chi connectivity index (χ0) is 13.0. The van der Waals surface area contributed by atoms with Crippen LogP contribution >= 0.6 is 11.6 Å². The Morgan fingerprint density at radius 2 is 2.11 bits per heavy atom. The van der Waals surface area contributed by atoms with Gasteiger partial charge in [0.05, 0.1) is 17.3 Å². The summed E-state index contributed by atoms with van der Waals surface area (Å²) in [5, 5.41) is 4.09. The first-order chi connectivity index (χ1) is 8.68. The highest BCUT2D eigenvalue weighted by molar-refractivity contribution is 6.33. The van der Waals surface area contributed by atoms with E-state index in [0.717, 1.165) is 23.7 Å². The number of allylic oxidation sites excluding steroid dienone is 2. The number of rotatable bonds is 4. The number of nitrogens with one attached hydrogen (secondary N) is 1. The molecule has 0 aliphatic carbocycles. The lowest BCUT2D eigenvalue weighted by Gasteiger charge is -2.31. The van der Waals surface area contributed by atoms with Crippen molar-refractivity contribution in [2.24, 2.45) is 0 Å². The van der Waals surface area contributed by atoms with E-state index >= 15 is 0 Å². The summed E-state index contributed by atoms with van der Waals surface area (Å²) in [6.45, 7) is 5.22. The average molecular weight is 263 g/mol. The number of anilines is 1. The molecular weight excluding hydrogens is 244 g/mol. The van der Waals surface area contributed by atoms with Crippen molar-refractivity contribution in [2.45, 2.75) is 26.3 Å². The second kappa shape index (κ2) is 5.96. The molecule has 2 rings (SSSR count). The molecule has 0 atom stereocenters. The van der Waals surface area contributed by atoms with Gasteiger partial charge in [-0.1, -0.05) is 35.9 Å². The van der Waals surface area contributed by atoms with Crippen molar-refractivity contribution in [3.05, 3.63) is 53.3 Å². The van der Waals surface area contributed by atoms with Crippen LogP contribution in [0.2, 0.25) is 5.02 Å². The Balaban J connectivity index is 2.19. The van der Waals surface area contributed by atoms with E-state index in [1.807, 2.05) is 24.4 Å². The fourth-order valence-corrected chi connectivity index (χ4v) is 2.27. The Bertz CT molecular complexity index is 463. The Hall–Kier alpha value is -1.41. The average Bonchev–Trinajstić information content (AvgIpc) is 2.38. The molecule has 96 valence electrons. The van der Waals surface area contributed by atoms with E-state index in [1.54, 1.807) is 0 Å². The Labute approximate surface area is 114 Å². The molecule has 0 unspecified atom stereocenters. The van der Waals surface area contributed by atoms with Crippen molar-refractivity contribution in [3.8, 4) is 0 Å². The van der Waals surface area contributed by atoms with Gasteiger partial charge in [0, 0.05) is 11.7 Å². The van der Waals surface area contributed by atoms with Crippen LogP contribution in [0.25, 0.3) is 0 Å². The van der Waals surface area contributed by atoms with Gasteiger partial charge < -0.3 is 10.2 Å². The molecular formula is C15H19ClN2. The van der Waals surface area contributed by atoms with Crippen LogP contribution in [0.15, 0.2) is 48.3 Å². The minimum Gasteiger partial charge on any atom is -0.364 e. The van der Waals surface area contributed by atoms with Crippen LogP contribution in [-0.2, 0) is 0 Å². The molecule has 1 aliphatic rings. The van der Waals surface area contributed by atoms with Gasteiger partial charge in [-0.15, -0.1) is 0 Å². The third-order valence-electron chi connectivity index (χ3n) is 3.01. The number of benzene rings is 1. The smallest absolute Gasteiger partial charge is 0.0639 e. The second-order valence-electron chi connectivity index (χ2n) is 4.68. The summed E-state index contributed by atoms with van der Waals surface area (Å²) in [5.74, 6) is 0. The summed E-state index contributed by atoms with van der Waals surface area (Å²) >= 11 is 6.29. The van der Waals surface area contributed by atoms with E-state index in [-0.39, 0.29) is 0 Å². The van der Waals surface area contributed by atoms with Crippen molar-refractivity contribution in [1.29, 1.82) is 0 Å². The van der Waals surface area contributed by atoms with Gasteiger partial charge in [0.15, 0.2) is 0 Å². The van der Waals surface area contributed by atoms with Crippen molar-refractivity contribution >= 4 is 17.3 Å². The van der Waals surface area contributed by atoms with E-state index in [1.165, 1.54) is 5.70 Å². The van der Waals surface area contributed by atoms with E-state index in [0.29, 0.717) is 6.04 Å². The molecule has 0 aromatic heterocycles. The predicted octanol–water partition coefficient (Wildman–Crippen LogP) is 3.95. The predicted molar refractivity (Wildman–Crippen MR) is 78.9 cm³/mol. The summed E-state index contributed by atoms with van der Waals surface area (Å²) in [7, 11) is 0. The molecule has 18 heavy (non-hydrogen) atoms. The number of para-hydroxylation sites is 1. The largest absolute Gasteiger partial charge is 0.364 e. The van der Waals surface area contributed by atoms with E-state index in [2.05, 4.69) is 42.3 Å². The van der Waals surface area contributed by atoms with Crippen molar-refractivity contribution < 1.29 is 0 Å². The number of nitrogens with zero attached hydrogens (tertiary/aromatic N) is 1. The Kier molecular flexibility index (Phi) is 4.32. The summed E-state index contributed by atoms with van der Waals surface area (Å²) < 4.78 is 0. The minimum atomic E-state index is 0.401. The zero-order valence-electron chi connectivity index (χ0n) is 10.9. The summed E-state index contributed by atoms with van der Waals surface area (Å²) in [5.41, 5.74) is 2.32. The molecule has 1 aromatic rings. The fraction of sp³-hybridized carbons (Fsp3) is 0.333. The Morgan fingerprint density at radius 1 is 1.33 bits per heavy atom. The maximum atomic E-state index is 6.29. The standard InChI is InChI=1S/C15H19ClN2/c1-12(2)18(11-13-7-5-6-10-17-13)15-9-4-3-8-14(15)16/h3-4,6-10,12,17H,5,11H2,1-2H3. The number of hydrogen-bond acceptors (Lipinski definition) is 2. The molecule has 0 amide bonds. The van der Waals surface area contributed by atoms with Crippen LogP contribution in [0.4, 0.5) is 5.69 Å². The lowest BCUT2D eigenvalue weighted by Crippen LogP contribution is -2.35. The van der Waals surface area contributed by atoms with Crippen LogP contribution in [-0.4, -0.2) is 12.6 Å². The lowest BCUT2D eigenvalue weighted by atomic mass is 10.2. The maximum Gasteiger partial charge on any atom is 0.0639 e. The molecule has 0 bridgehead atoms. The van der Waals surface area contributed by atoms with Crippen LogP contribution in [0.1, 0.15) is 20.3 Å². The van der Waals surface area contributed by atoms with E-state index in [9.17, 15) is 0 Å². The number of dihydropyridines is 1. The highest BCUT2D eigenvalue weighted by Crippen LogP contribution is 2.27. The van der Waals surface area contributed by atoms with Crippen LogP contribution in [0.3, 0.4) is 0 Å². The summed E-state index contributed by atoms with van der Waals surface area (Å²) in [6, 6.07) is 8.40. The lowest BCUT2D eigenvalue weighted by molar-refractivity contribution is 0.696. The molecule has 1 aliphatic heterocycles. The van der Waals surface area contributed by atoms with Gasteiger partial charge in [0.1, 0.15) is 0 Å². The quantitative estimate of drug-likeness (QED) is 0.884. The molecule has 0 saturated heterocycles. The molecule has 0 fully saturated rings. The molecule has 0 saturated carbocycles. The number of hydrogen-bond donors (Lipinski definition) is 1. The van der Waals surface area contributed by atoms with Crippen molar-refractivity contribution in [1.82, 2.24) is 5.32 Å². The SMILES string of the molecule is CC(C)N(CC1=CCC=CN1)c1ccccc1Cl. The second-order valence-corrected chi connectivity index (χ2v) is 5.09. The van der Waals surface area contributed by atoms with Crippen LogP contribution < -0.4 is 10.2 Å². The van der Waals surface area contributed by atoms with Gasteiger partial charge in [0.25, 0.3) is 0 Å². The summed E-state index contributed by atoms with van der Waals surface area (Å²) in [6.07, 6.45) is 7.32. The topological polar surface area (TPSA) is 15.3 Å². The van der Waals surface area contributed by atoms with Gasteiger partial charge in [-0.05, 0) is 38.6 Å². The molecule has 1 N–H and O–H groups in total. The van der Waals surface area contributed by atoms with Crippen molar-refractivity contribution in [3.63, 3.8) is 0 Å². The molecule has 0 spiro atoms. The highest BCUT2D eigenvalue weighted by Gasteiger charge is 2.15. The van der Waals surface area contributed by atoms with Gasteiger partial charge >= 0.3 is 0 Å². The highest BCUT2D eigenvalue weighted by atomic mass is 35.5. The first-order valence-corrected chi connectivity index (χ1v) is 6.68. The van der Waals surface area contributed by atoms with Gasteiger partial charge in [0.2, 0.25) is 0 Å². The van der Waals surface area contributed by atoms with Gasteiger partial charge in [-0.25, -0.2) is 0 Å². The van der Waals surface area contributed by atoms with Crippen molar-refractivity contribution in [2.75, 3.05) is 11.4 Å². The van der Waals surface area contributed by atoms with Crippen LogP contribution in [0.5, 0.6) is 0 Å². The first kappa shape index (κ1) is 13.0. The summed E-state index contributed by atoms with van der Waals surface area (Å²) in [4.78, 5) is 2.31. The first-order valence-electron chi connectivity index (χ1n) is 6.30. The van der Waals surface area contributed by atoms with E-state index in [4.69, 9.17) is 11.6 Å². The number of halogens is 1. The molecule has 1 aromatic carbocycles. The minimum absolute atomic E-state index is 0.401. The Morgan fingerprint density at radius 3 is 2.72 bits per heavy atom. The van der Waals surface area contributed by atoms with Gasteiger partial charge in [-0.3, -0.25) is 0 Å². The maximum absolute atomic E-state index is 6.29. The molecule has 3 heteroatoms. The molecule has 2 nitrogen and oxygen atoms in total. The van der Waals surface area contributed by atoms with Crippen LogP contribution in [0, 0.1) is 0 Å². The third kappa shape index (κ3) is 3.08.